The zero-order valence-corrected chi connectivity index (χ0v) is 19.6. The summed E-state index contributed by atoms with van der Waals surface area (Å²) >= 11 is 0. The SMILES string of the molecule is COC(=O)C1(CCCNc2ccc(N3CCC(N4CCCC4C)C3)cc2F)CCOCC1. The zero-order valence-electron chi connectivity index (χ0n) is 19.6. The van der Waals surface area contributed by atoms with E-state index in [2.05, 4.69) is 22.0 Å². The Hall–Kier alpha value is -1.86. The molecule has 3 aliphatic heterocycles. The van der Waals surface area contributed by atoms with Gasteiger partial charge in [-0.3, -0.25) is 9.69 Å². The second kappa shape index (κ2) is 10.4. The molecule has 4 rings (SSSR count). The summed E-state index contributed by atoms with van der Waals surface area (Å²) in [4.78, 5) is 17.3. The molecule has 1 aromatic rings. The lowest BCUT2D eigenvalue weighted by molar-refractivity contribution is -0.159. The van der Waals surface area contributed by atoms with Crippen molar-refractivity contribution in [2.75, 3.05) is 56.7 Å². The zero-order chi connectivity index (χ0) is 22.6. The Bertz CT molecular complexity index is 784. The maximum absolute atomic E-state index is 14.8. The van der Waals surface area contributed by atoms with Gasteiger partial charge < -0.3 is 19.7 Å². The first kappa shape index (κ1) is 23.3. The first-order valence-corrected chi connectivity index (χ1v) is 12.2. The fourth-order valence-corrected chi connectivity index (χ4v) is 5.77. The van der Waals surface area contributed by atoms with Crippen molar-refractivity contribution in [1.82, 2.24) is 4.90 Å². The Labute approximate surface area is 191 Å². The van der Waals surface area contributed by atoms with Gasteiger partial charge in [0, 0.05) is 50.6 Å². The number of esters is 1. The van der Waals surface area contributed by atoms with E-state index in [1.165, 1.54) is 26.5 Å². The minimum atomic E-state index is -0.462. The van der Waals surface area contributed by atoms with Crippen molar-refractivity contribution in [1.29, 1.82) is 0 Å². The van der Waals surface area contributed by atoms with E-state index in [0.29, 0.717) is 50.4 Å². The molecule has 3 heterocycles. The van der Waals surface area contributed by atoms with Crippen molar-refractivity contribution in [3.8, 4) is 0 Å². The van der Waals surface area contributed by atoms with Crippen molar-refractivity contribution in [3.63, 3.8) is 0 Å². The molecule has 3 aliphatic rings. The molecule has 0 saturated carbocycles. The van der Waals surface area contributed by atoms with E-state index >= 15 is 0 Å². The van der Waals surface area contributed by atoms with Crippen LogP contribution in [0.1, 0.15) is 51.9 Å². The number of nitrogens with zero attached hydrogens (tertiary/aromatic N) is 2. The van der Waals surface area contributed by atoms with Gasteiger partial charge in [0.1, 0.15) is 5.82 Å². The molecule has 0 aliphatic carbocycles. The molecule has 32 heavy (non-hydrogen) atoms. The highest BCUT2D eigenvalue weighted by molar-refractivity contribution is 5.76. The summed E-state index contributed by atoms with van der Waals surface area (Å²) in [5.74, 6) is -0.363. The van der Waals surface area contributed by atoms with Crippen LogP contribution in [-0.2, 0) is 14.3 Å². The van der Waals surface area contributed by atoms with E-state index in [-0.39, 0.29) is 11.8 Å². The number of anilines is 2. The highest BCUT2D eigenvalue weighted by Gasteiger charge is 2.40. The number of nitrogens with one attached hydrogen (secondary N) is 1. The third-order valence-electron chi connectivity index (χ3n) is 7.77. The number of hydrogen-bond donors (Lipinski definition) is 1. The number of carbonyl (C=O) groups excluding carboxylic acids is 1. The highest BCUT2D eigenvalue weighted by Crippen LogP contribution is 2.37. The first-order valence-electron chi connectivity index (χ1n) is 12.2. The predicted octanol–water partition coefficient (Wildman–Crippen LogP) is 4.05. The average molecular weight is 448 g/mol. The van der Waals surface area contributed by atoms with Gasteiger partial charge in [0.15, 0.2) is 0 Å². The Morgan fingerprint density at radius 1 is 1.28 bits per heavy atom. The molecule has 3 saturated heterocycles. The largest absolute Gasteiger partial charge is 0.469 e. The van der Waals surface area contributed by atoms with Crippen LogP contribution in [0, 0.1) is 11.2 Å². The van der Waals surface area contributed by atoms with Gasteiger partial charge in [-0.15, -0.1) is 0 Å². The number of hydrogen-bond acceptors (Lipinski definition) is 6. The molecule has 0 spiro atoms. The van der Waals surface area contributed by atoms with Crippen LogP contribution in [0.5, 0.6) is 0 Å². The lowest BCUT2D eigenvalue weighted by Gasteiger charge is -2.34. The molecule has 7 heteroatoms. The summed E-state index contributed by atoms with van der Waals surface area (Å²) in [6, 6.07) is 6.78. The number of carbonyl (C=O) groups is 1. The molecule has 0 radical (unpaired) electrons. The van der Waals surface area contributed by atoms with Crippen LogP contribution >= 0.6 is 0 Å². The van der Waals surface area contributed by atoms with E-state index in [0.717, 1.165) is 38.0 Å². The normalized spacial score (nSPS) is 25.8. The maximum Gasteiger partial charge on any atom is 0.311 e. The van der Waals surface area contributed by atoms with Crippen LogP contribution in [0.2, 0.25) is 0 Å². The average Bonchev–Trinajstić information content (AvgIpc) is 3.46. The quantitative estimate of drug-likeness (QED) is 0.479. The number of ether oxygens (including phenoxy) is 2. The van der Waals surface area contributed by atoms with E-state index in [1.54, 1.807) is 6.07 Å². The highest BCUT2D eigenvalue weighted by atomic mass is 19.1. The molecule has 178 valence electrons. The first-order chi connectivity index (χ1) is 15.5. The molecule has 2 atom stereocenters. The van der Waals surface area contributed by atoms with Gasteiger partial charge in [0.05, 0.1) is 18.2 Å². The number of likely N-dealkylation sites (tertiary alicyclic amines) is 1. The second-order valence-corrected chi connectivity index (χ2v) is 9.70. The van der Waals surface area contributed by atoms with Gasteiger partial charge in [-0.25, -0.2) is 4.39 Å². The van der Waals surface area contributed by atoms with E-state index in [1.807, 2.05) is 12.1 Å². The lowest BCUT2D eigenvalue weighted by atomic mass is 9.76. The molecule has 6 nitrogen and oxygen atoms in total. The molecule has 1 aromatic carbocycles. The van der Waals surface area contributed by atoms with E-state index < -0.39 is 5.41 Å². The van der Waals surface area contributed by atoms with Gasteiger partial charge in [0.25, 0.3) is 0 Å². The monoisotopic (exact) mass is 447 g/mol. The summed E-state index contributed by atoms with van der Waals surface area (Å²) in [5.41, 5.74) is 1.03. The number of rotatable bonds is 8. The predicted molar refractivity (Wildman–Crippen MR) is 125 cm³/mol. The second-order valence-electron chi connectivity index (χ2n) is 9.70. The summed E-state index contributed by atoms with van der Waals surface area (Å²) in [7, 11) is 1.45. The number of methoxy groups -OCH3 is 1. The molecule has 3 fully saturated rings. The van der Waals surface area contributed by atoms with Crippen LogP contribution < -0.4 is 10.2 Å². The molecule has 0 amide bonds. The van der Waals surface area contributed by atoms with Gasteiger partial charge >= 0.3 is 5.97 Å². The van der Waals surface area contributed by atoms with Gasteiger partial charge in [-0.1, -0.05) is 0 Å². The van der Waals surface area contributed by atoms with Crippen molar-refractivity contribution in [2.45, 2.75) is 64.0 Å². The van der Waals surface area contributed by atoms with Crippen molar-refractivity contribution >= 4 is 17.3 Å². The minimum absolute atomic E-state index is 0.149. The maximum atomic E-state index is 14.8. The standard InChI is InChI=1S/C25H38FN3O3/c1-19-5-3-13-29(19)21-8-14-28(18-21)20-6-7-23(22(26)17-20)27-12-4-9-25(24(30)31-2)10-15-32-16-11-25/h6-7,17,19,21,27H,3-5,8-16,18H2,1-2H3. The van der Waals surface area contributed by atoms with Crippen LogP contribution in [0.15, 0.2) is 18.2 Å². The molecule has 0 bridgehead atoms. The Morgan fingerprint density at radius 2 is 2.09 bits per heavy atom. The fourth-order valence-electron chi connectivity index (χ4n) is 5.77. The molecule has 2 unspecified atom stereocenters. The van der Waals surface area contributed by atoms with Gasteiger partial charge in [-0.05, 0) is 76.6 Å². The summed E-state index contributed by atoms with van der Waals surface area (Å²) < 4.78 is 25.3. The van der Waals surface area contributed by atoms with Crippen molar-refractivity contribution < 1.29 is 18.7 Å². The van der Waals surface area contributed by atoms with Crippen LogP contribution in [0.25, 0.3) is 0 Å². The lowest BCUT2D eigenvalue weighted by Crippen LogP contribution is -2.39. The topological polar surface area (TPSA) is 54.0 Å². The van der Waals surface area contributed by atoms with E-state index in [9.17, 15) is 9.18 Å². The molecular formula is C25H38FN3O3. The third-order valence-corrected chi connectivity index (χ3v) is 7.77. The number of benzene rings is 1. The van der Waals surface area contributed by atoms with Crippen LogP contribution in [-0.4, -0.2) is 69.5 Å². The minimum Gasteiger partial charge on any atom is -0.469 e. The summed E-state index contributed by atoms with van der Waals surface area (Å²) in [6.07, 6.45) is 6.61. The molecule has 1 N–H and O–H groups in total. The molecular weight excluding hydrogens is 409 g/mol. The molecule has 0 aromatic heterocycles. The smallest absolute Gasteiger partial charge is 0.311 e. The third kappa shape index (κ3) is 5.04. The summed E-state index contributed by atoms with van der Waals surface area (Å²) in [6.45, 7) is 7.29. The van der Waals surface area contributed by atoms with Crippen molar-refractivity contribution in [2.24, 2.45) is 5.41 Å². The van der Waals surface area contributed by atoms with Gasteiger partial charge in [0.2, 0.25) is 0 Å². The Morgan fingerprint density at radius 3 is 2.78 bits per heavy atom. The Kier molecular flexibility index (Phi) is 7.56. The fraction of sp³-hybridized carbons (Fsp3) is 0.720. The summed E-state index contributed by atoms with van der Waals surface area (Å²) in [5, 5.41) is 3.22. The Balaban J connectivity index is 1.28. The van der Waals surface area contributed by atoms with Gasteiger partial charge in [-0.2, -0.15) is 0 Å². The van der Waals surface area contributed by atoms with Crippen LogP contribution in [0.4, 0.5) is 15.8 Å². The van der Waals surface area contributed by atoms with Crippen molar-refractivity contribution in [3.05, 3.63) is 24.0 Å². The van der Waals surface area contributed by atoms with E-state index in [4.69, 9.17) is 9.47 Å². The van der Waals surface area contributed by atoms with Crippen LogP contribution in [0.3, 0.4) is 0 Å². The number of halogens is 1.